The fourth-order valence-corrected chi connectivity index (χ4v) is 5.43. The molecular weight excluding hydrogens is 592 g/mol. The molecule has 13 heteroatoms. The van der Waals surface area contributed by atoms with Crippen molar-refractivity contribution in [1.29, 1.82) is 0 Å². The number of nitrogens with zero attached hydrogens (tertiary/aromatic N) is 4. The molecule has 5 aromatic rings. The number of pyridine rings is 2. The number of fused-ring (bicyclic) bond motifs is 1. The number of aliphatic hydroxyl groups excluding tert-OH is 1. The van der Waals surface area contributed by atoms with E-state index >= 15 is 8.78 Å². The van der Waals surface area contributed by atoms with Crippen molar-refractivity contribution in [1.82, 2.24) is 19.3 Å². The zero-order chi connectivity index (χ0) is 32.1. The van der Waals surface area contributed by atoms with Crippen molar-refractivity contribution in [2.24, 2.45) is 7.05 Å². The van der Waals surface area contributed by atoms with Gasteiger partial charge >= 0.3 is 0 Å². The van der Waals surface area contributed by atoms with Crippen molar-refractivity contribution in [2.45, 2.75) is 37.7 Å². The highest BCUT2D eigenvalue weighted by molar-refractivity contribution is 7.90. The first-order valence-electron chi connectivity index (χ1n) is 13.4. The van der Waals surface area contributed by atoms with Gasteiger partial charge in [-0.3, -0.25) is 9.59 Å². The van der Waals surface area contributed by atoms with E-state index < -0.39 is 39.2 Å². The number of aromatic nitrogens is 4. The van der Waals surface area contributed by atoms with E-state index in [4.69, 9.17) is 0 Å². The Hall–Kier alpha value is -4.75. The molecule has 0 aliphatic rings. The molecule has 0 atom stereocenters. The van der Waals surface area contributed by atoms with Gasteiger partial charge in [-0.2, -0.15) is 9.78 Å². The molecule has 0 amide bonds. The van der Waals surface area contributed by atoms with Crippen molar-refractivity contribution in [3.63, 3.8) is 0 Å². The molecule has 0 aliphatic carbocycles. The van der Waals surface area contributed by atoms with Crippen LogP contribution in [0.5, 0.6) is 0 Å². The van der Waals surface area contributed by atoms with Crippen molar-refractivity contribution < 1.29 is 22.3 Å². The van der Waals surface area contributed by atoms with E-state index in [0.717, 1.165) is 23.2 Å². The highest BCUT2D eigenvalue weighted by Gasteiger charge is 2.22. The summed E-state index contributed by atoms with van der Waals surface area (Å²) in [5.41, 5.74) is -0.942. The first-order chi connectivity index (χ1) is 20.6. The number of hydrogen-bond donors (Lipinski definition) is 2. The molecule has 5 rings (SSSR count). The van der Waals surface area contributed by atoms with Crippen LogP contribution in [0.1, 0.15) is 31.9 Å². The average Bonchev–Trinajstić information content (AvgIpc) is 2.94. The lowest BCUT2D eigenvalue weighted by Gasteiger charge is -2.20. The van der Waals surface area contributed by atoms with E-state index in [0.29, 0.717) is 10.9 Å². The average molecular weight is 622 g/mol. The summed E-state index contributed by atoms with van der Waals surface area (Å²) < 4.78 is 56.4. The molecule has 44 heavy (non-hydrogen) atoms. The summed E-state index contributed by atoms with van der Waals surface area (Å²) in [7, 11) is -2.04. The number of hydrogen-bond acceptors (Lipinski definition) is 8. The van der Waals surface area contributed by atoms with Gasteiger partial charge in [0.25, 0.3) is 11.1 Å². The van der Waals surface area contributed by atoms with Crippen LogP contribution >= 0.6 is 0 Å². The third-order valence-electron chi connectivity index (χ3n) is 7.23. The number of aryl methyl sites for hydroxylation is 1. The molecule has 0 aliphatic heterocycles. The van der Waals surface area contributed by atoms with E-state index in [2.05, 4.69) is 15.4 Å². The number of halogens is 2. The standard InChI is InChI=1S/C31H29F2N5O5S/c1-31(2,3)19-10-17-13-35-38(30(41)28(17)23(33)12-19)25-8-7-22(32)27(21(25)16-39)18-11-24(29(40)37(4)15-18)36-26-9-6-20(14-34-26)44(5,42)43/h6-15,39H,16H2,1-5H3,(H,34,36). The molecule has 0 spiro atoms. The highest BCUT2D eigenvalue weighted by atomic mass is 32.2. The van der Waals surface area contributed by atoms with Gasteiger partial charge in [0.05, 0.1) is 28.8 Å². The Bertz CT molecular complexity index is 2170. The number of anilines is 2. The molecule has 2 N–H and O–H groups in total. The summed E-state index contributed by atoms with van der Waals surface area (Å²) in [5, 5.41) is 17.6. The summed E-state index contributed by atoms with van der Waals surface area (Å²) in [6.07, 6.45) is 4.88. The third-order valence-corrected chi connectivity index (χ3v) is 8.33. The van der Waals surface area contributed by atoms with Crippen LogP contribution in [0.25, 0.3) is 27.6 Å². The van der Waals surface area contributed by atoms with Gasteiger partial charge in [-0.25, -0.2) is 22.2 Å². The highest BCUT2D eigenvalue weighted by Crippen LogP contribution is 2.33. The van der Waals surface area contributed by atoms with Gasteiger partial charge in [0.15, 0.2) is 9.84 Å². The fourth-order valence-electron chi connectivity index (χ4n) is 4.87. The lowest BCUT2D eigenvalue weighted by molar-refractivity contribution is 0.281. The second-order valence-electron chi connectivity index (χ2n) is 11.4. The minimum Gasteiger partial charge on any atom is -0.392 e. The minimum absolute atomic E-state index is 0.0109. The van der Waals surface area contributed by atoms with Crippen LogP contribution in [0.4, 0.5) is 20.3 Å². The van der Waals surface area contributed by atoms with Gasteiger partial charge in [0.2, 0.25) is 0 Å². The van der Waals surface area contributed by atoms with Crippen molar-refractivity contribution in [3.8, 4) is 16.8 Å². The monoisotopic (exact) mass is 621 g/mol. The molecule has 0 fully saturated rings. The molecule has 0 bridgehead atoms. The van der Waals surface area contributed by atoms with E-state index in [-0.39, 0.29) is 49.6 Å². The van der Waals surface area contributed by atoms with Crippen LogP contribution in [0.15, 0.2) is 75.5 Å². The maximum atomic E-state index is 15.5. The fraction of sp³-hybridized carbons (Fsp3) is 0.226. The predicted octanol–water partition coefficient (Wildman–Crippen LogP) is 4.36. The Morgan fingerprint density at radius 3 is 2.32 bits per heavy atom. The molecule has 10 nitrogen and oxygen atoms in total. The van der Waals surface area contributed by atoms with E-state index in [9.17, 15) is 23.1 Å². The summed E-state index contributed by atoms with van der Waals surface area (Å²) in [6.45, 7) is 5.03. The SMILES string of the molecule is Cn1cc(-c2c(F)ccc(-n3ncc4cc(C(C)(C)C)cc(F)c4c3=O)c2CO)cc(Nc2ccc(S(C)(=O)=O)cn2)c1=O. The Morgan fingerprint density at radius 2 is 1.70 bits per heavy atom. The normalized spacial score (nSPS) is 12.1. The van der Waals surface area contributed by atoms with Crippen LogP contribution in [0, 0.1) is 11.6 Å². The second-order valence-corrected chi connectivity index (χ2v) is 13.5. The Labute approximate surface area is 251 Å². The van der Waals surface area contributed by atoms with Crippen molar-refractivity contribution in [2.75, 3.05) is 11.6 Å². The van der Waals surface area contributed by atoms with Gasteiger partial charge in [-0.05, 0) is 53.4 Å². The molecule has 3 aromatic heterocycles. The summed E-state index contributed by atoms with van der Waals surface area (Å²) in [6, 6.07) is 9.41. The Kier molecular flexibility index (Phi) is 7.72. The first-order valence-corrected chi connectivity index (χ1v) is 15.3. The van der Waals surface area contributed by atoms with Crippen molar-refractivity contribution in [3.05, 3.63) is 105 Å². The molecule has 3 heterocycles. The van der Waals surface area contributed by atoms with Gasteiger partial charge in [-0.1, -0.05) is 20.8 Å². The molecule has 0 radical (unpaired) electrons. The summed E-state index contributed by atoms with van der Waals surface area (Å²) in [4.78, 5) is 30.5. The number of nitrogens with one attached hydrogen (secondary N) is 1. The number of sulfone groups is 1. The quantitative estimate of drug-likeness (QED) is 0.286. The maximum absolute atomic E-state index is 15.5. The molecular formula is C31H29F2N5O5S. The number of aliphatic hydroxyl groups is 1. The Morgan fingerprint density at radius 1 is 0.977 bits per heavy atom. The van der Waals surface area contributed by atoms with Gasteiger partial charge in [0, 0.05) is 47.8 Å². The number of benzene rings is 2. The lowest BCUT2D eigenvalue weighted by Crippen LogP contribution is -2.24. The second kappa shape index (κ2) is 11.1. The van der Waals surface area contributed by atoms with Crippen LogP contribution < -0.4 is 16.4 Å². The van der Waals surface area contributed by atoms with E-state index in [1.165, 1.54) is 54.3 Å². The van der Waals surface area contributed by atoms with Gasteiger partial charge in [0.1, 0.15) is 23.1 Å². The third kappa shape index (κ3) is 5.63. The molecule has 0 saturated heterocycles. The zero-order valence-corrected chi connectivity index (χ0v) is 25.3. The predicted molar refractivity (Wildman–Crippen MR) is 163 cm³/mol. The summed E-state index contributed by atoms with van der Waals surface area (Å²) in [5.74, 6) is -1.33. The van der Waals surface area contributed by atoms with E-state index in [1.54, 1.807) is 6.07 Å². The summed E-state index contributed by atoms with van der Waals surface area (Å²) >= 11 is 0. The van der Waals surface area contributed by atoms with Crippen LogP contribution in [0.2, 0.25) is 0 Å². The topological polar surface area (TPSA) is 136 Å². The minimum atomic E-state index is -3.49. The van der Waals surface area contributed by atoms with Crippen LogP contribution in [0.3, 0.4) is 0 Å². The van der Waals surface area contributed by atoms with Crippen LogP contribution in [-0.2, 0) is 28.9 Å². The molecule has 228 valence electrons. The molecule has 0 unspecified atom stereocenters. The first kappa shape index (κ1) is 30.7. The van der Waals surface area contributed by atoms with Gasteiger partial charge in [-0.15, -0.1) is 0 Å². The lowest BCUT2D eigenvalue weighted by atomic mass is 9.86. The number of rotatable bonds is 6. The Balaban J connectivity index is 1.65. The largest absolute Gasteiger partial charge is 0.392 e. The maximum Gasteiger partial charge on any atom is 0.282 e. The smallest absolute Gasteiger partial charge is 0.282 e. The van der Waals surface area contributed by atoms with Gasteiger partial charge < -0.3 is 15.0 Å². The molecule has 0 saturated carbocycles. The zero-order valence-electron chi connectivity index (χ0n) is 24.5. The van der Waals surface area contributed by atoms with E-state index in [1.807, 2.05) is 20.8 Å². The van der Waals surface area contributed by atoms with Crippen molar-refractivity contribution >= 4 is 32.1 Å². The molecule has 2 aromatic carbocycles. The van der Waals surface area contributed by atoms with Crippen LogP contribution in [-0.4, -0.2) is 39.1 Å².